The van der Waals surface area contributed by atoms with Gasteiger partial charge < -0.3 is 0 Å². The molecule has 6 heteroatoms. The van der Waals surface area contributed by atoms with Gasteiger partial charge in [0.2, 0.25) is 0 Å². The molecule has 1 aromatic carbocycles. The van der Waals surface area contributed by atoms with Gasteiger partial charge >= 0.3 is 0 Å². The molecular formula is C15H22BrN3O2. The Kier molecular flexibility index (Phi) is 5.72. The Labute approximate surface area is 134 Å². The molecule has 1 aromatic rings. The van der Waals surface area contributed by atoms with E-state index >= 15 is 0 Å². The van der Waals surface area contributed by atoms with Gasteiger partial charge in [0.05, 0.1) is 9.40 Å². The van der Waals surface area contributed by atoms with Crippen molar-refractivity contribution in [2.45, 2.75) is 32.9 Å². The van der Waals surface area contributed by atoms with E-state index in [2.05, 4.69) is 39.6 Å². The van der Waals surface area contributed by atoms with Gasteiger partial charge in [-0.15, -0.1) is 0 Å². The molecule has 0 saturated carbocycles. The molecule has 2 rings (SSSR count). The van der Waals surface area contributed by atoms with E-state index in [-0.39, 0.29) is 10.6 Å². The Morgan fingerprint density at radius 1 is 1.43 bits per heavy atom. The number of benzene rings is 1. The fraction of sp³-hybridized carbons (Fsp3) is 0.600. The minimum atomic E-state index is -0.337. The Bertz CT molecular complexity index is 506. The number of halogens is 1. The molecule has 1 saturated heterocycles. The van der Waals surface area contributed by atoms with Crippen LogP contribution < -0.4 is 0 Å². The summed E-state index contributed by atoms with van der Waals surface area (Å²) in [6.07, 6.45) is 1.18. The summed E-state index contributed by atoms with van der Waals surface area (Å²) in [5, 5.41) is 11.0. The first-order chi connectivity index (χ1) is 10.0. The lowest BCUT2D eigenvalue weighted by atomic mass is 10.2. The maximum Gasteiger partial charge on any atom is 0.283 e. The van der Waals surface area contributed by atoms with Crippen molar-refractivity contribution in [2.75, 3.05) is 26.2 Å². The predicted octanol–water partition coefficient (Wildman–Crippen LogP) is 3.27. The van der Waals surface area contributed by atoms with E-state index in [4.69, 9.17) is 0 Å². The van der Waals surface area contributed by atoms with Crippen LogP contribution in [-0.4, -0.2) is 46.9 Å². The van der Waals surface area contributed by atoms with Crippen LogP contribution in [0.15, 0.2) is 22.7 Å². The van der Waals surface area contributed by atoms with Crippen molar-refractivity contribution in [3.63, 3.8) is 0 Å². The van der Waals surface area contributed by atoms with Crippen molar-refractivity contribution >= 4 is 21.6 Å². The third-order valence-electron chi connectivity index (χ3n) is 4.19. The van der Waals surface area contributed by atoms with Gasteiger partial charge in [0.15, 0.2) is 0 Å². The lowest BCUT2D eigenvalue weighted by Gasteiger charge is -2.26. The summed E-state index contributed by atoms with van der Waals surface area (Å²) >= 11 is 3.23. The molecule has 1 unspecified atom stereocenters. The minimum absolute atomic E-state index is 0.145. The average molecular weight is 356 g/mol. The molecule has 1 aliphatic heterocycles. The molecule has 0 radical (unpaired) electrons. The first-order valence-corrected chi connectivity index (χ1v) is 8.23. The fourth-order valence-electron chi connectivity index (χ4n) is 3.05. The van der Waals surface area contributed by atoms with Crippen molar-refractivity contribution in [1.82, 2.24) is 9.80 Å². The lowest BCUT2D eigenvalue weighted by Crippen LogP contribution is -2.37. The number of likely N-dealkylation sites (tertiary alicyclic amines) is 1. The molecular weight excluding hydrogens is 334 g/mol. The van der Waals surface area contributed by atoms with Gasteiger partial charge in [0, 0.05) is 31.7 Å². The van der Waals surface area contributed by atoms with Crippen LogP contribution in [0.5, 0.6) is 0 Å². The highest BCUT2D eigenvalue weighted by Crippen LogP contribution is 2.27. The van der Waals surface area contributed by atoms with E-state index in [1.165, 1.54) is 6.42 Å². The average Bonchev–Trinajstić information content (AvgIpc) is 2.90. The highest BCUT2D eigenvalue weighted by atomic mass is 79.9. The number of nitro groups is 1. The van der Waals surface area contributed by atoms with Crippen LogP contribution in [0, 0.1) is 10.1 Å². The summed E-state index contributed by atoms with van der Waals surface area (Å²) in [7, 11) is 0. The van der Waals surface area contributed by atoms with Crippen LogP contribution in [0.3, 0.4) is 0 Å². The molecule has 1 aliphatic rings. The molecule has 0 spiro atoms. The van der Waals surface area contributed by atoms with Gasteiger partial charge in [0.1, 0.15) is 0 Å². The molecule has 0 N–H and O–H groups in total. The second-order valence-corrected chi connectivity index (χ2v) is 6.30. The third kappa shape index (κ3) is 4.02. The second-order valence-electron chi connectivity index (χ2n) is 5.44. The maximum atomic E-state index is 11.0. The number of hydrogen-bond donors (Lipinski definition) is 0. The predicted molar refractivity (Wildman–Crippen MR) is 87.4 cm³/mol. The molecule has 21 heavy (non-hydrogen) atoms. The monoisotopic (exact) mass is 355 g/mol. The van der Waals surface area contributed by atoms with E-state index in [0.29, 0.717) is 10.5 Å². The van der Waals surface area contributed by atoms with E-state index in [1.54, 1.807) is 12.1 Å². The number of likely N-dealkylation sites (N-methyl/N-ethyl adjacent to an activating group) is 1. The molecule has 0 aliphatic carbocycles. The summed E-state index contributed by atoms with van der Waals surface area (Å²) in [6, 6.07) is 6.02. The summed E-state index contributed by atoms with van der Waals surface area (Å²) < 4.78 is 0.540. The van der Waals surface area contributed by atoms with Gasteiger partial charge in [-0.3, -0.25) is 19.9 Å². The summed E-state index contributed by atoms with van der Waals surface area (Å²) in [5.41, 5.74) is 1.15. The van der Waals surface area contributed by atoms with Gasteiger partial charge in [-0.1, -0.05) is 19.9 Å². The fourth-order valence-corrected chi connectivity index (χ4v) is 3.44. The van der Waals surface area contributed by atoms with Gasteiger partial charge in [0.25, 0.3) is 5.69 Å². The van der Waals surface area contributed by atoms with Crippen LogP contribution in [0.2, 0.25) is 0 Å². The first-order valence-electron chi connectivity index (χ1n) is 7.44. The summed E-state index contributed by atoms with van der Waals surface area (Å²) in [5.74, 6) is 0. The molecule has 0 amide bonds. The lowest BCUT2D eigenvalue weighted by molar-refractivity contribution is -0.385. The van der Waals surface area contributed by atoms with E-state index in [9.17, 15) is 10.1 Å². The highest BCUT2D eigenvalue weighted by Gasteiger charge is 2.26. The number of hydrogen-bond acceptors (Lipinski definition) is 4. The van der Waals surface area contributed by atoms with E-state index in [0.717, 1.165) is 38.3 Å². The first kappa shape index (κ1) is 16.4. The van der Waals surface area contributed by atoms with Gasteiger partial charge in [-0.2, -0.15) is 0 Å². The number of nitrogens with zero attached hydrogens (tertiary/aromatic N) is 3. The normalized spacial score (nSPS) is 19.3. The van der Waals surface area contributed by atoms with Crippen LogP contribution in [0.1, 0.15) is 25.8 Å². The molecule has 1 heterocycles. The molecule has 1 atom stereocenters. The van der Waals surface area contributed by atoms with Crippen molar-refractivity contribution in [1.29, 1.82) is 0 Å². The summed E-state index contributed by atoms with van der Waals surface area (Å²) in [4.78, 5) is 15.5. The van der Waals surface area contributed by atoms with Gasteiger partial charge in [-0.25, -0.2) is 0 Å². The van der Waals surface area contributed by atoms with Crippen LogP contribution in [-0.2, 0) is 6.54 Å². The Morgan fingerprint density at radius 3 is 2.76 bits per heavy atom. The molecule has 1 fully saturated rings. The topological polar surface area (TPSA) is 49.6 Å². The van der Waals surface area contributed by atoms with Crippen molar-refractivity contribution < 1.29 is 4.92 Å². The van der Waals surface area contributed by atoms with Gasteiger partial charge in [-0.05, 0) is 47.1 Å². The largest absolute Gasteiger partial charge is 0.300 e. The zero-order valence-electron chi connectivity index (χ0n) is 12.6. The molecule has 0 bridgehead atoms. The maximum absolute atomic E-state index is 11.0. The van der Waals surface area contributed by atoms with Crippen molar-refractivity contribution in [2.24, 2.45) is 0 Å². The standard InChI is InChI=1S/C15H22BrN3O2/c1-3-18(4-2)13-7-8-17(11-13)10-12-5-6-14(16)15(9-12)19(20)21/h5-6,9,13H,3-4,7-8,10-11H2,1-2H3. The van der Waals surface area contributed by atoms with Crippen LogP contribution in [0.25, 0.3) is 0 Å². The van der Waals surface area contributed by atoms with Crippen molar-refractivity contribution in [3.05, 3.63) is 38.3 Å². The molecule has 0 aromatic heterocycles. The Morgan fingerprint density at radius 2 is 2.14 bits per heavy atom. The van der Waals surface area contributed by atoms with E-state index < -0.39 is 0 Å². The SMILES string of the molecule is CCN(CC)C1CCN(Cc2ccc(Br)c([N+](=O)[O-])c2)C1. The van der Waals surface area contributed by atoms with E-state index in [1.807, 2.05) is 6.07 Å². The van der Waals surface area contributed by atoms with Crippen molar-refractivity contribution in [3.8, 4) is 0 Å². The number of rotatable bonds is 6. The van der Waals surface area contributed by atoms with Crippen LogP contribution >= 0.6 is 15.9 Å². The second kappa shape index (κ2) is 7.33. The number of nitro benzene ring substituents is 1. The smallest absolute Gasteiger partial charge is 0.283 e. The molecule has 116 valence electrons. The zero-order valence-corrected chi connectivity index (χ0v) is 14.2. The zero-order chi connectivity index (χ0) is 15.4. The minimum Gasteiger partial charge on any atom is -0.300 e. The highest BCUT2D eigenvalue weighted by molar-refractivity contribution is 9.10. The quantitative estimate of drug-likeness (QED) is 0.580. The van der Waals surface area contributed by atoms with Crippen LogP contribution in [0.4, 0.5) is 5.69 Å². The third-order valence-corrected chi connectivity index (χ3v) is 4.86. The molecule has 5 nitrogen and oxygen atoms in total. The Hall–Kier alpha value is -0.980. The summed E-state index contributed by atoms with van der Waals surface area (Å²) in [6.45, 7) is 9.45. The Balaban J connectivity index is 2.00.